The molecule has 0 fully saturated rings. The average molecular weight is 221 g/mol. The van der Waals surface area contributed by atoms with Gasteiger partial charge in [-0.3, -0.25) is 20.3 Å². The molecule has 14 heavy (non-hydrogen) atoms. The monoisotopic (exact) mass is 221 g/mol. The normalized spacial score (nSPS) is 11.8. The molecule has 1 unspecified atom stereocenters. The summed E-state index contributed by atoms with van der Waals surface area (Å²) in [5.41, 5.74) is 1.66. The lowest BCUT2D eigenvalue weighted by molar-refractivity contribution is -0.142. The maximum Gasteiger partial charge on any atom is 0.306 e. The summed E-state index contributed by atoms with van der Waals surface area (Å²) in [7, 11) is 0. The van der Waals surface area contributed by atoms with Crippen LogP contribution in [0.4, 0.5) is 0 Å². The van der Waals surface area contributed by atoms with Crippen molar-refractivity contribution in [2.75, 3.05) is 0 Å². The van der Waals surface area contributed by atoms with Crippen molar-refractivity contribution in [3.05, 3.63) is 0 Å². The highest BCUT2D eigenvalue weighted by atomic mass is 32.1. The van der Waals surface area contributed by atoms with Crippen LogP contribution in [0.3, 0.4) is 0 Å². The van der Waals surface area contributed by atoms with Gasteiger partial charge < -0.3 is 10.2 Å². The first-order valence-corrected chi connectivity index (χ1v) is 4.25. The molecular weight excluding hydrogens is 210 g/mol. The van der Waals surface area contributed by atoms with E-state index in [4.69, 9.17) is 15.4 Å². The summed E-state index contributed by atoms with van der Waals surface area (Å²) in [6.45, 7) is 0. The highest BCUT2D eigenvalue weighted by molar-refractivity contribution is 7.80. The third-order valence-electron chi connectivity index (χ3n) is 1.61. The van der Waals surface area contributed by atoms with Crippen molar-refractivity contribution < 1.29 is 25.0 Å². The Bertz CT molecular complexity index is 242. The van der Waals surface area contributed by atoms with Crippen molar-refractivity contribution in [2.24, 2.45) is 5.92 Å². The molecule has 0 heterocycles. The summed E-state index contributed by atoms with van der Waals surface area (Å²) in [4.78, 5) is 20.8. The Labute approximate surface area is 85.5 Å². The van der Waals surface area contributed by atoms with E-state index in [0.29, 0.717) is 0 Å². The van der Waals surface area contributed by atoms with E-state index in [1.807, 2.05) is 0 Å². The minimum atomic E-state index is -1.12. The van der Waals surface area contributed by atoms with E-state index < -0.39 is 17.9 Å². The van der Waals surface area contributed by atoms with E-state index in [-0.39, 0.29) is 24.3 Å². The molecule has 0 aromatic carbocycles. The Hall–Kier alpha value is -1.21. The molecular formula is C7H11NO5S. The standard InChI is InChI=1S/C7H11NO5S/c9-6(10)2-1-4(7(11)12)3-5(14)8-13/h4,13H,1-3H2,(H,8,14)(H,9,10)(H,11,12). The number of thiocarbonyl (C=S) groups is 1. The van der Waals surface area contributed by atoms with Gasteiger partial charge in [0.05, 0.1) is 5.92 Å². The average Bonchev–Trinajstić information content (AvgIpc) is 2.10. The molecule has 0 radical (unpaired) electrons. The van der Waals surface area contributed by atoms with Gasteiger partial charge in [-0.25, -0.2) is 0 Å². The third kappa shape index (κ3) is 5.44. The van der Waals surface area contributed by atoms with Gasteiger partial charge in [0, 0.05) is 12.8 Å². The van der Waals surface area contributed by atoms with E-state index >= 15 is 0 Å². The number of carboxylic acid groups (broad SMARTS) is 2. The van der Waals surface area contributed by atoms with Gasteiger partial charge >= 0.3 is 11.9 Å². The first-order chi connectivity index (χ1) is 6.47. The second-order valence-corrected chi connectivity index (χ2v) is 3.20. The molecule has 0 aromatic heterocycles. The predicted molar refractivity (Wildman–Crippen MR) is 50.1 cm³/mol. The molecule has 0 bridgehead atoms. The summed E-state index contributed by atoms with van der Waals surface area (Å²) in [6.07, 6.45) is -0.300. The number of rotatable bonds is 6. The molecule has 0 aliphatic heterocycles. The smallest absolute Gasteiger partial charge is 0.306 e. The molecule has 0 aliphatic carbocycles. The lowest BCUT2D eigenvalue weighted by Gasteiger charge is -2.10. The molecule has 0 spiro atoms. The van der Waals surface area contributed by atoms with Gasteiger partial charge in [-0.15, -0.1) is 0 Å². The number of hydrogen-bond acceptors (Lipinski definition) is 4. The number of hydroxylamine groups is 1. The molecule has 0 aromatic rings. The molecule has 0 rings (SSSR count). The number of aliphatic carboxylic acids is 2. The zero-order chi connectivity index (χ0) is 11.1. The fourth-order valence-corrected chi connectivity index (χ4v) is 1.08. The first-order valence-electron chi connectivity index (χ1n) is 3.85. The van der Waals surface area contributed by atoms with Gasteiger partial charge in [0.1, 0.15) is 4.99 Å². The number of nitrogens with one attached hydrogen (secondary N) is 1. The van der Waals surface area contributed by atoms with Crippen molar-refractivity contribution in [3.8, 4) is 0 Å². The van der Waals surface area contributed by atoms with Crippen molar-refractivity contribution in [1.29, 1.82) is 0 Å². The van der Waals surface area contributed by atoms with Crippen LogP contribution >= 0.6 is 12.2 Å². The van der Waals surface area contributed by atoms with Crippen molar-refractivity contribution in [1.82, 2.24) is 5.48 Å². The molecule has 1 atom stereocenters. The highest BCUT2D eigenvalue weighted by Crippen LogP contribution is 2.12. The fourth-order valence-electron chi connectivity index (χ4n) is 0.880. The van der Waals surface area contributed by atoms with E-state index in [9.17, 15) is 9.59 Å². The van der Waals surface area contributed by atoms with E-state index in [2.05, 4.69) is 12.2 Å². The summed E-state index contributed by atoms with van der Waals surface area (Å²) in [5.74, 6) is -3.05. The van der Waals surface area contributed by atoms with Crippen LogP contribution in [-0.2, 0) is 9.59 Å². The van der Waals surface area contributed by atoms with Crippen molar-refractivity contribution >= 4 is 29.1 Å². The van der Waals surface area contributed by atoms with Crippen LogP contribution in [0, 0.1) is 5.92 Å². The Morgan fingerprint density at radius 1 is 1.36 bits per heavy atom. The zero-order valence-electron chi connectivity index (χ0n) is 7.27. The van der Waals surface area contributed by atoms with E-state index in [1.54, 1.807) is 5.48 Å². The summed E-state index contributed by atoms with van der Waals surface area (Å²) in [5, 5.41) is 25.4. The van der Waals surface area contributed by atoms with Crippen LogP contribution in [0.1, 0.15) is 19.3 Å². The Morgan fingerprint density at radius 3 is 2.29 bits per heavy atom. The maximum atomic E-state index is 10.6. The topological polar surface area (TPSA) is 107 Å². The number of carboxylic acids is 2. The molecule has 80 valence electrons. The predicted octanol–water partition coefficient (Wildman–Crippen LogP) is 0.248. The minimum absolute atomic E-state index is 0.00745. The summed E-state index contributed by atoms with van der Waals surface area (Å²) < 4.78 is 0. The quantitative estimate of drug-likeness (QED) is 0.376. The third-order valence-corrected chi connectivity index (χ3v) is 1.87. The second kappa shape index (κ2) is 6.28. The lowest BCUT2D eigenvalue weighted by Crippen LogP contribution is -2.24. The van der Waals surface area contributed by atoms with Gasteiger partial charge in [0.15, 0.2) is 0 Å². The molecule has 0 saturated heterocycles. The fraction of sp³-hybridized carbons (Fsp3) is 0.571. The molecule has 0 saturated carbocycles. The largest absolute Gasteiger partial charge is 0.481 e. The van der Waals surface area contributed by atoms with Crippen LogP contribution in [0.2, 0.25) is 0 Å². The van der Waals surface area contributed by atoms with E-state index in [1.165, 1.54) is 0 Å². The zero-order valence-corrected chi connectivity index (χ0v) is 8.08. The van der Waals surface area contributed by atoms with Gasteiger partial charge in [0.2, 0.25) is 0 Å². The van der Waals surface area contributed by atoms with Gasteiger partial charge in [-0.1, -0.05) is 12.2 Å². The van der Waals surface area contributed by atoms with Crippen molar-refractivity contribution in [3.63, 3.8) is 0 Å². The Morgan fingerprint density at radius 2 is 1.93 bits per heavy atom. The molecule has 0 amide bonds. The number of carbonyl (C=O) groups is 2. The summed E-state index contributed by atoms with van der Waals surface area (Å²) >= 11 is 4.56. The van der Waals surface area contributed by atoms with Gasteiger partial charge in [-0.05, 0) is 6.42 Å². The molecule has 6 nitrogen and oxygen atoms in total. The van der Waals surface area contributed by atoms with Crippen LogP contribution in [0.25, 0.3) is 0 Å². The summed E-state index contributed by atoms with van der Waals surface area (Å²) in [6, 6.07) is 0. The lowest BCUT2D eigenvalue weighted by atomic mass is 10.00. The molecule has 7 heteroatoms. The Kier molecular flexibility index (Phi) is 5.73. The second-order valence-electron chi connectivity index (χ2n) is 2.71. The SMILES string of the molecule is O=C(O)CCC(CC(=S)NO)C(=O)O. The highest BCUT2D eigenvalue weighted by Gasteiger charge is 2.20. The first kappa shape index (κ1) is 12.8. The molecule has 4 N–H and O–H groups in total. The van der Waals surface area contributed by atoms with Gasteiger partial charge in [-0.2, -0.15) is 0 Å². The van der Waals surface area contributed by atoms with Crippen LogP contribution in [0.5, 0.6) is 0 Å². The number of hydrogen-bond donors (Lipinski definition) is 4. The minimum Gasteiger partial charge on any atom is -0.481 e. The van der Waals surface area contributed by atoms with Crippen LogP contribution in [-0.4, -0.2) is 32.3 Å². The van der Waals surface area contributed by atoms with Crippen molar-refractivity contribution in [2.45, 2.75) is 19.3 Å². The Balaban J connectivity index is 4.09. The van der Waals surface area contributed by atoms with Crippen LogP contribution < -0.4 is 5.48 Å². The van der Waals surface area contributed by atoms with E-state index in [0.717, 1.165) is 0 Å². The maximum absolute atomic E-state index is 10.6. The molecule has 0 aliphatic rings. The van der Waals surface area contributed by atoms with Gasteiger partial charge in [0.25, 0.3) is 0 Å². The van der Waals surface area contributed by atoms with Crippen LogP contribution in [0.15, 0.2) is 0 Å².